The zero-order chi connectivity index (χ0) is 23.1. The molecule has 0 radical (unpaired) electrons. The average molecular weight is 453 g/mol. The Morgan fingerprint density at radius 1 is 1.00 bits per heavy atom. The number of primary amides is 1. The molecular weight excluding hydrogens is 424 g/mol. The fourth-order valence-corrected chi connectivity index (χ4v) is 5.58. The van der Waals surface area contributed by atoms with Gasteiger partial charge >= 0.3 is 0 Å². The van der Waals surface area contributed by atoms with Crippen molar-refractivity contribution in [2.45, 2.75) is 25.3 Å². The molecule has 2 heterocycles. The third-order valence-corrected chi connectivity index (χ3v) is 7.23. The largest absolute Gasteiger partial charge is 0.369 e. The van der Waals surface area contributed by atoms with Gasteiger partial charge in [0.05, 0.1) is 5.92 Å². The smallest absolute Gasteiger partial charge is 0.231 e. The first-order chi connectivity index (χ1) is 16.6. The number of rotatable bonds is 7. The van der Waals surface area contributed by atoms with Crippen molar-refractivity contribution in [3.05, 3.63) is 83.4 Å². The number of nitrogens with one attached hydrogen (secondary N) is 3. The molecule has 34 heavy (non-hydrogen) atoms. The van der Waals surface area contributed by atoms with Crippen molar-refractivity contribution >= 4 is 29.2 Å². The van der Waals surface area contributed by atoms with E-state index in [2.05, 4.69) is 76.6 Å². The number of aromatic nitrogens is 2. The highest BCUT2D eigenvalue weighted by Crippen LogP contribution is 2.45. The molecule has 1 aliphatic heterocycles. The van der Waals surface area contributed by atoms with Crippen molar-refractivity contribution < 1.29 is 4.79 Å². The molecule has 1 aromatic heterocycles. The van der Waals surface area contributed by atoms with E-state index in [1.54, 1.807) is 0 Å². The van der Waals surface area contributed by atoms with Crippen molar-refractivity contribution in [2.24, 2.45) is 23.5 Å². The molecule has 1 fully saturated rings. The molecular formula is C27H28N6O. The highest BCUT2D eigenvalue weighted by molar-refractivity contribution is 5.80. The number of nitrogens with two attached hydrogens (primary N) is 1. The Morgan fingerprint density at radius 2 is 1.76 bits per heavy atom. The van der Waals surface area contributed by atoms with Crippen molar-refractivity contribution in [1.82, 2.24) is 9.97 Å². The first-order valence-electron chi connectivity index (χ1n) is 11.9. The molecule has 3 aliphatic rings. The van der Waals surface area contributed by atoms with Gasteiger partial charge in [0.15, 0.2) is 0 Å². The quantitative estimate of drug-likeness (QED) is 0.406. The first-order valence-corrected chi connectivity index (χ1v) is 11.9. The van der Waals surface area contributed by atoms with E-state index < -0.39 is 0 Å². The lowest BCUT2D eigenvalue weighted by atomic mass is 9.88. The number of amides is 1. The Labute approximate surface area is 198 Å². The summed E-state index contributed by atoms with van der Waals surface area (Å²) in [5, 5.41) is 10.3. The van der Waals surface area contributed by atoms with Crippen molar-refractivity contribution in [3.63, 3.8) is 0 Å². The Bertz CT molecular complexity index is 1240. The van der Waals surface area contributed by atoms with Crippen LogP contribution in [0.25, 0.3) is 0 Å². The van der Waals surface area contributed by atoms with Gasteiger partial charge in [0.25, 0.3) is 0 Å². The number of fused-ring (bicyclic) bond motifs is 3. The first kappa shape index (κ1) is 20.7. The van der Waals surface area contributed by atoms with Gasteiger partial charge in [0.2, 0.25) is 11.9 Å². The number of hydrogen-bond acceptors (Lipinski definition) is 6. The maximum absolute atomic E-state index is 12.2. The summed E-state index contributed by atoms with van der Waals surface area (Å²) in [5.41, 5.74) is 10.3. The van der Waals surface area contributed by atoms with Gasteiger partial charge in [-0.15, -0.1) is 0 Å². The van der Waals surface area contributed by atoms with E-state index in [1.807, 2.05) is 6.07 Å². The molecule has 2 bridgehead atoms. The van der Waals surface area contributed by atoms with Crippen LogP contribution >= 0.6 is 0 Å². The Hall–Kier alpha value is -3.87. The SMILES string of the molecule is NC(=O)C1C2C=CC(C2)C1Nc1nc(Nc2ccc(Cc3ccccc3)cc2)nc2c1CCN2. The van der Waals surface area contributed by atoms with Crippen LogP contribution in [0.4, 0.5) is 23.3 Å². The standard InChI is InChI=1S/C27H28N6O/c28-24(34)22-18-8-9-19(15-18)23(22)31-26-21-12-13-29-25(21)32-27(33-26)30-20-10-6-17(7-11-20)14-16-4-2-1-3-5-16/h1-11,18-19,22-23H,12-15H2,(H2,28,34)(H3,29,30,31,32,33). The molecule has 7 nitrogen and oxygen atoms in total. The summed E-state index contributed by atoms with van der Waals surface area (Å²) in [5.74, 6) is 2.23. The number of allylic oxidation sites excluding steroid dienone is 1. The zero-order valence-electron chi connectivity index (χ0n) is 18.9. The summed E-state index contributed by atoms with van der Waals surface area (Å²) in [4.78, 5) is 21.7. The minimum atomic E-state index is -0.243. The van der Waals surface area contributed by atoms with E-state index in [4.69, 9.17) is 15.7 Å². The number of hydrogen-bond donors (Lipinski definition) is 4. The van der Waals surface area contributed by atoms with Gasteiger partial charge < -0.3 is 21.7 Å². The molecule has 3 aromatic rings. The molecule has 5 N–H and O–H groups in total. The van der Waals surface area contributed by atoms with E-state index in [0.29, 0.717) is 11.9 Å². The summed E-state index contributed by atoms with van der Waals surface area (Å²) in [6.45, 7) is 0.826. The van der Waals surface area contributed by atoms with Crippen LogP contribution in [0.15, 0.2) is 66.7 Å². The van der Waals surface area contributed by atoms with Crippen LogP contribution in [0.2, 0.25) is 0 Å². The van der Waals surface area contributed by atoms with Gasteiger partial charge in [0, 0.05) is 23.8 Å². The maximum Gasteiger partial charge on any atom is 0.231 e. The van der Waals surface area contributed by atoms with Crippen LogP contribution in [-0.2, 0) is 17.6 Å². The van der Waals surface area contributed by atoms with Crippen LogP contribution in [0.1, 0.15) is 23.1 Å². The number of anilines is 4. The van der Waals surface area contributed by atoms with E-state index in [-0.39, 0.29) is 23.8 Å². The van der Waals surface area contributed by atoms with E-state index in [0.717, 1.165) is 48.7 Å². The minimum Gasteiger partial charge on any atom is -0.369 e. The third kappa shape index (κ3) is 3.87. The molecule has 1 amide bonds. The van der Waals surface area contributed by atoms with E-state index >= 15 is 0 Å². The molecule has 7 heteroatoms. The lowest BCUT2D eigenvalue weighted by Crippen LogP contribution is -2.41. The molecule has 2 aromatic carbocycles. The van der Waals surface area contributed by atoms with Crippen LogP contribution in [0.5, 0.6) is 0 Å². The topological polar surface area (TPSA) is 105 Å². The molecule has 1 saturated carbocycles. The summed E-state index contributed by atoms with van der Waals surface area (Å²) in [7, 11) is 0. The summed E-state index contributed by atoms with van der Waals surface area (Å²) in [6, 6.07) is 18.8. The van der Waals surface area contributed by atoms with Gasteiger partial charge in [-0.1, -0.05) is 54.6 Å². The van der Waals surface area contributed by atoms with E-state index in [9.17, 15) is 4.79 Å². The average Bonchev–Trinajstić information content (AvgIpc) is 3.57. The summed E-state index contributed by atoms with van der Waals surface area (Å²) in [6.07, 6.45) is 7.06. The van der Waals surface area contributed by atoms with Gasteiger partial charge in [-0.2, -0.15) is 9.97 Å². The summed E-state index contributed by atoms with van der Waals surface area (Å²) < 4.78 is 0. The van der Waals surface area contributed by atoms with Gasteiger partial charge in [0.1, 0.15) is 11.6 Å². The maximum atomic E-state index is 12.2. The fraction of sp³-hybridized carbons (Fsp3) is 0.296. The van der Waals surface area contributed by atoms with Gasteiger partial charge in [-0.3, -0.25) is 4.79 Å². The fourth-order valence-electron chi connectivity index (χ4n) is 5.58. The second-order valence-corrected chi connectivity index (χ2v) is 9.43. The number of carbonyl (C=O) groups is 1. The predicted octanol–water partition coefficient (Wildman–Crippen LogP) is 3.87. The van der Waals surface area contributed by atoms with Crippen molar-refractivity contribution in [3.8, 4) is 0 Å². The normalized spacial score (nSPS) is 24.0. The third-order valence-electron chi connectivity index (χ3n) is 7.23. The zero-order valence-corrected chi connectivity index (χ0v) is 18.9. The Balaban J connectivity index is 1.22. The van der Waals surface area contributed by atoms with Gasteiger partial charge in [-0.25, -0.2) is 0 Å². The van der Waals surface area contributed by atoms with Gasteiger partial charge in [-0.05, 0) is 54.4 Å². The lowest BCUT2D eigenvalue weighted by Gasteiger charge is -2.28. The molecule has 6 rings (SSSR count). The molecule has 0 spiro atoms. The highest BCUT2D eigenvalue weighted by Gasteiger charge is 2.47. The number of benzene rings is 2. The lowest BCUT2D eigenvalue weighted by molar-refractivity contribution is -0.122. The molecule has 0 saturated heterocycles. The minimum absolute atomic E-state index is 0.0304. The Morgan fingerprint density at radius 3 is 2.56 bits per heavy atom. The predicted molar refractivity (Wildman–Crippen MR) is 134 cm³/mol. The second-order valence-electron chi connectivity index (χ2n) is 9.43. The van der Waals surface area contributed by atoms with Crippen LogP contribution in [-0.4, -0.2) is 28.5 Å². The Kier molecular flexibility index (Phi) is 5.17. The van der Waals surface area contributed by atoms with E-state index in [1.165, 1.54) is 11.1 Å². The summed E-state index contributed by atoms with van der Waals surface area (Å²) >= 11 is 0. The van der Waals surface area contributed by atoms with Crippen molar-refractivity contribution in [1.29, 1.82) is 0 Å². The molecule has 172 valence electrons. The molecule has 4 atom stereocenters. The monoisotopic (exact) mass is 452 g/mol. The second kappa shape index (κ2) is 8.48. The molecule has 2 aliphatic carbocycles. The number of carbonyl (C=O) groups excluding carboxylic acids is 1. The van der Waals surface area contributed by atoms with Crippen LogP contribution < -0.4 is 21.7 Å². The van der Waals surface area contributed by atoms with Crippen molar-refractivity contribution in [2.75, 3.05) is 22.5 Å². The van der Waals surface area contributed by atoms with Crippen LogP contribution in [0, 0.1) is 17.8 Å². The number of nitrogens with zero attached hydrogens (tertiary/aromatic N) is 2. The highest BCUT2D eigenvalue weighted by atomic mass is 16.1. The molecule has 4 unspecified atom stereocenters. The van der Waals surface area contributed by atoms with Crippen LogP contribution in [0.3, 0.4) is 0 Å².